The molecular weight excluding hydrogens is 772 g/mol. The molecule has 4 aromatic rings. The number of halogens is 3. The Hall–Kier alpha value is -5.26. The van der Waals surface area contributed by atoms with Crippen molar-refractivity contribution in [1.82, 2.24) is 25.1 Å². The lowest BCUT2D eigenvalue weighted by molar-refractivity contribution is -0.137. The Kier molecular flexibility index (Phi) is 12.2. The molecule has 17 heteroatoms. The summed E-state index contributed by atoms with van der Waals surface area (Å²) in [6, 6.07) is 23.0. The number of rotatable bonds is 12. The van der Waals surface area contributed by atoms with Gasteiger partial charge in [-0.3, -0.25) is 29.0 Å². The molecule has 0 spiro atoms. The van der Waals surface area contributed by atoms with Gasteiger partial charge in [-0.25, -0.2) is 13.4 Å². The van der Waals surface area contributed by atoms with Gasteiger partial charge in [0.1, 0.15) is 11.4 Å². The molecule has 0 radical (unpaired) electrons. The number of carbonyl (C=O) groups excluding carboxylic acids is 2. The van der Waals surface area contributed by atoms with Gasteiger partial charge in [0, 0.05) is 89.4 Å². The fourth-order valence-corrected chi connectivity index (χ4v) is 8.31. The summed E-state index contributed by atoms with van der Waals surface area (Å²) in [6.07, 6.45) is 0.150. The number of amides is 2. The first kappa shape index (κ1) is 40.9. The van der Waals surface area contributed by atoms with E-state index in [4.69, 9.17) is 0 Å². The van der Waals surface area contributed by atoms with Crippen LogP contribution in [-0.2, 0) is 38.9 Å². The van der Waals surface area contributed by atoms with Crippen molar-refractivity contribution in [3.63, 3.8) is 0 Å². The van der Waals surface area contributed by atoms with Crippen LogP contribution >= 0.6 is 0 Å². The van der Waals surface area contributed by atoms with Crippen molar-refractivity contribution in [1.29, 1.82) is 0 Å². The summed E-state index contributed by atoms with van der Waals surface area (Å²) < 4.78 is 66.8. The Balaban J connectivity index is 0.882. The molecule has 4 heterocycles. The Morgan fingerprint density at radius 1 is 0.897 bits per heavy atom. The molecule has 0 saturated carbocycles. The number of anilines is 5. The fraction of sp³-hybridized carbons (Fsp3) is 0.415. The number of benzene rings is 3. The van der Waals surface area contributed by atoms with Crippen LogP contribution in [0.15, 0.2) is 79.0 Å². The number of sulfonamides is 1. The fourth-order valence-electron chi connectivity index (χ4n) is 7.81. The van der Waals surface area contributed by atoms with Crippen molar-refractivity contribution in [2.24, 2.45) is 0 Å². The van der Waals surface area contributed by atoms with Crippen molar-refractivity contribution < 1.29 is 31.2 Å². The van der Waals surface area contributed by atoms with Crippen LogP contribution in [0, 0.1) is 0 Å². The Bertz CT molecular complexity index is 2190. The first-order chi connectivity index (χ1) is 27.7. The Labute approximate surface area is 336 Å². The van der Waals surface area contributed by atoms with Crippen molar-refractivity contribution in [3.05, 3.63) is 101 Å². The van der Waals surface area contributed by atoms with Gasteiger partial charge in [-0.1, -0.05) is 36.4 Å². The van der Waals surface area contributed by atoms with Gasteiger partial charge in [-0.05, 0) is 72.4 Å². The summed E-state index contributed by atoms with van der Waals surface area (Å²) in [7, 11) is -2.11. The molecule has 1 atom stereocenters. The second-order valence-corrected chi connectivity index (χ2v) is 17.2. The topological polar surface area (TPSA) is 143 Å². The molecular formula is C41H48F3N9O4S. The third-order valence-electron chi connectivity index (χ3n) is 11.2. The van der Waals surface area contributed by atoms with Crippen LogP contribution in [0.5, 0.6) is 0 Å². The summed E-state index contributed by atoms with van der Waals surface area (Å²) in [6.45, 7) is 6.67. The van der Waals surface area contributed by atoms with E-state index in [1.165, 1.54) is 12.6 Å². The number of piperidine rings is 2. The third kappa shape index (κ3) is 10.1. The minimum absolute atomic E-state index is 0.00240. The molecule has 3 aromatic carbocycles. The average molecular weight is 820 g/mol. The molecule has 3 saturated heterocycles. The third-order valence-corrected chi connectivity index (χ3v) is 12.4. The monoisotopic (exact) mass is 819 g/mol. The minimum atomic E-state index is -4.69. The predicted molar refractivity (Wildman–Crippen MR) is 217 cm³/mol. The highest BCUT2D eigenvalue weighted by atomic mass is 32.2. The van der Waals surface area contributed by atoms with Crippen LogP contribution in [0.3, 0.4) is 0 Å². The molecule has 58 heavy (non-hydrogen) atoms. The van der Waals surface area contributed by atoms with E-state index in [2.05, 4.69) is 52.8 Å². The maximum atomic E-state index is 13.9. The number of piperazine rings is 1. The van der Waals surface area contributed by atoms with Crippen LogP contribution in [-0.4, -0.2) is 98.6 Å². The molecule has 1 unspecified atom stereocenters. The van der Waals surface area contributed by atoms with Crippen LogP contribution in [0.2, 0.25) is 0 Å². The molecule has 3 N–H and O–H groups in total. The molecule has 308 valence electrons. The number of nitrogens with zero attached hydrogens (tertiary/aromatic N) is 6. The van der Waals surface area contributed by atoms with E-state index in [-0.39, 0.29) is 30.2 Å². The van der Waals surface area contributed by atoms with Gasteiger partial charge in [0.15, 0.2) is 0 Å². The zero-order valence-electron chi connectivity index (χ0n) is 32.5. The number of aromatic nitrogens is 2. The van der Waals surface area contributed by atoms with Gasteiger partial charge in [-0.2, -0.15) is 18.2 Å². The minimum Gasteiger partial charge on any atom is -0.371 e. The van der Waals surface area contributed by atoms with Crippen molar-refractivity contribution in [3.8, 4) is 0 Å². The lowest BCUT2D eigenvalue weighted by atomic mass is 9.90. The standard InChI is InChI=1S/C41H48F3N9O4S/c1-50(58(2,56)57)34-5-3-4-29(24-34)25-45-38-36(41(42,43)44)26-46-40(49-38)47-31-10-12-32(13-11-31)52-18-16-33(17-19-52)53-22-20-51(21-23-53)27-28-6-8-30(9-7-28)35-14-15-37(54)48-39(35)55/h3-13,24,26,33,35H,14-23,25,27H2,1-2H3,(H,48,54,55)(H2,45,46,47,49). The summed E-state index contributed by atoms with van der Waals surface area (Å²) in [5.41, 5.74) is 3.80. The molecule has 3 fully saturated rings. The van der Waals surface area contributed by atoms with E-state index in [0.717, 1.165) is 86.7 Å². The van der Waals surface area contributed by atoms with Gasteiger partial charge < -0.3 is 15.5 Å². The number of imide groups is 1. The second-order valence-electron chi connectivity index (χ2n) is 15.2. The number of carbonyl (C=O) groups is 2. The van der Waals surface area contributed by atoms with E-state index >= 15 is 0 Å². The summed E-state index contributed by atoms with van der Waals surface area (Å²) in [5, 5.41) is 8.23. The molecule has 2 amide bonds. The van der Waals surface area contributed by atoms with Gasteiger partial charge in [0.05, 0.1) is 17.9 Å². The average Bonchev–Trinajstić information content (AvgIpc) is 3.20. The molecule has 13 nitrogen and oxygen atoms in total. The lowest BCUT2D eigenvalue weighted by Gasteiger charge is -2.43. The van der Waals surface area contributed by atoms with Crippen molar-refractivity contribution >= 4 is 50.7 Å². The Morgan fingerprint density at radius 2 is 1.60 bits per heavy atom. The van der Waals surface area contributed by atoms with Gasteiger partial charge >= 0.3 is 6.18 Å². The van der Waals surface area contributed by atoms with E-state index < -0.39 is 27.6 Å². The number of hydrogen-bond donors (Lipinski definition) is 3. The lowest BCUT2D eigenvalue weighted by Crippen LogP contribution is -2.53. The maximum absolute atomic E-state index is 13.9. The van der Waals surface area contributed by atoms with Gasteiger partial charge in [-0.15, -0.1) is 0 Å². The first-order valence-electron chi connectivity index (χ1n) is 19.4. The Morgan fingerprint density at radius 3 is 2.26 bits per heavy atom. The highest BCUT2D eigenvalue weighted by molar-refractivity contribution is 7.92. The predicted octanol–water partition coefficient (Wildman–Crippen LogP) is 5.55. The summed E-state index contributed by atoms with van der Waals surface area (Å²) >= 11 is 0. The summed E-state index contributed by atoms with van der Waals surface area (Å²) in [5.74, 6) is -1.08. The largest absolute Gasteiger partial charge is 0.421 e. The van der Waals surface area contributed by atoms with E-state index in [9.17, 15) is 31.2 Å². The van der Waals surface area contributed by atoms with Crippen LogP contribution in [0.25, 0.3) is 0 Å². The van der Waals surface area contributed by atoms with Crippen LogP contribution in [0.1, 0.15) is 53.9 Å². The number of nitrogens with one attached hydrogen (secondary N) is 3. The number of hydrogen-bond acceptors (Lipinski definition) is 11. The first-order valence-corrected chi connectivity index (χ1v) is 21.3. The van der Waals surface area contributed by atoms with Gasteiger partial charge in [0.25, 0.3) is 0 Å². The van der Waals surface area contributed by atoms with E-state index in [1.54, 1.807) is 24.3 Å². The second kappa shape index (κ2) is 17.3. The molecule has 1 aromatic heterocycles. The molecule has 3 aliphatic rings. The molecule has 3 aliphatic heterocycles. The van der Waals surface area contributed by atoms with Crippen molar-refractivity contribution in [2.75, 3.05) is 72.4 Å². The maximum Gasteiger partial charge on any atom is 0.421 e. The SMILES string of the molecule is CN(c1cccc(CNc2nc(Nc3ccc(N4CCC(N5CCN(Cc6ccc(C7CCC(=O)NC7=O)cc6)CC5)CC4)cc3)ncc2C(F)(F)F)c1)S(C)(=O)=O. The smallest absolute Gasteiger partial charge is 0.371 e. The molecule has 0 aliphatic carbocycles. The number of alkyl halides is 3. The zero-order chi connectivity index (χ0) is 41.0. The summed E-state index contributed by atoms with van der Waals surface area (Å²) in [4.78, 5) is 39.3. The van der Waals surface area contributed by atoms with Crippen LogP contribution < -0.4 is 25.2 Å². The molecule has 7 rings (SSSR count). The quantitative estimate of drug-likeness (QED) is 0.155. The van der Waals surface area contributed by atoms with E-state index in [1.807, 2.05) is 36.4 Å². The highest BCUT2D eigenvalue weighted by Crippen LogP contribution is 2.35. The van der Waals surface area contributed by atoms with E-state index in [0.29, 0.717) is 35.8 Å². The normalized spacial score (nSPS) is 18.8. The van der Waals surface area contributed by atoms with Gasteiger partial charge in [0.2, 0.25) is 27.8 Å². The zero-order valence-corrected chi connectivity index (χ0v) is 33.3. The van der Waals surface area contributed by atoms with Crippen molar-refractivity contribution in [2.45, 2.75) is 56.9 Å². The molecule has 0 bridgehead atoms. The van der Waals surface area contributed by atoms with Crippen LogP contribution in [0.4, 0.5) is 42.0 Å². The highest BCUT2D eigenvalue weighted by Gasteiger charge is 2.35.